The maximum Gasteiger partial charge on any atom is 0.440 e. The molecule has 0 amide bonds. The molecule has 0 unspecified atom stereocenters. The summed E-state index contributed by atoms with van der Waals surface area (Å²) >= 11 is 0. The lowest BCUT2D eigenvalue weighted by molar-refractivity contribution is 0.376. The quantitative estimate of drug-likeness (QED) is 0.414. The summed E-state index contributed by atoms with van der Waals surface area (Å²) in [6.45, 7) is 2.14. The van der Waals surface area contributed by atoms with Gasteiger partial charge in [-0.2, -0.15) is 0 Å². The van der Waals surface area contributed by atoms with Gasteiger partial charge in [-0.05, 0) is 6.32 Å². The Morgan fingerprint density at radius 2 is 2.09 bits per heavy atom. The van der Waals surface area contributed by atoms with Gasteiger partial charge in [-0.15, -0.1) is 0 Å². The number of hydrogen-bond acceptors (Lipinski definition) is 3. The van der Waals surface area contributed by atoms with Crippen LogP contribution in [0.25, 0.3) is 0 Å². The molecule has 0 fully saturated rings. The SMILES string of the molecule is CCCCCCB(O)OBO. The molecule has 3 nitrogen and oxygen atoms in total. The Morgan fingerprint density at radius 1 is 1.36 bits per heavy atom. The second kappa shape index (κ2) is 8.11. The molecule has 0 aromatic rings. The van der Waals surface area contributed by atoms with Crippen molar-refractivity contribution in [3.05, 3.63) is 0 Å². The Morgan fingerprint density at radius 3 is 2.64 bits per heavy atom. The average molecular weight is 158 g/mol. The molecule has 0 heterocycles. The van der Waals surface area contributed by atoms with E-state index in [0.717, 1.165) is 12.8 Å². The van der Waals surface area contributed by atoms with Gasteiger partial charge >= 0.3 is 14.8 Å². The molecule has 0 aliphatic rings. The highest BCUT2D eigenvalue weighted by molar-refractivity contribution is 6.49. The van der Waals surface area contributed by atoms with Gasteiger partial charge in [-0.3, -0.25) is 0 Å². The molecule has 0 rings (SSSR count). The second-order valence-corrected chi connectivity index (χ2v) is 2.60. The Labute approximate surface area is 69.2 Å². The van der Waals surface area contributed by atoms with Crippen molar-refractivity contribution in [3.63, 3.8) is 0 Å². The van der Waals surface area contributed by atoms with E-state index < -0.39 is 14.8 Å². The molecule has 2 N–H and O–H groups in total. The average Bonchev–Trinajstić information content (AvgIpc) is 1.99. The topological polar surface area (TPSA) is 49.7 Å². The Kier molecular flexibility index (Phi) is 8.12. The summed E-state index contributed by atoms with van der Waals surface area (Å²) in [5, 5.41) is 17.2. The lowest BCUT2D eigenvalue weighted by Crippen LogP contribution is -2.19. The maximum absolute atomic E-state index is 8.97. The normalized spacial score (nSPS) is 9.73. The zero-order valence-corrected chi connectivity index (χ0v) is 7.12. The fourth-order valence-electron chi connectivity index (χ4n) is 0.915. The van der Waals surface area contributed by atoms with Crippen molar-refractivity contribution in [2.45, 2.75) is 38.9 Å². The third kappa shape index (κ3) is 7.91. The van der Waals surface area contributed by atoms with Crippen LogP contribution in [0.4, 0.5) is 0 Å². The molecule has 11 heavy (non-hydrogen) atoms. The highest BCUT2D eigenvalue weighted by Crippen LogP contribution is 2.04. The minimum absolute atomic E-state index is 0.394. The smallest absolute Gasteiger partial charge is 0.440 e. The molecule has 0 bridgehead atoms. The van der Waals surface area contributed by atoms with Crippen molar-refractivity contribution < 1.29 is 14.6 Å². The van der Waals surface area contributed by atoms with Crippen LogP contribution in [-0.4, -0.2) is 24.9 Å². The van der Waals surface area contributed by atoms with Gasteiger partial charge in [-0.25, -0.2) is 0 Å². The number of hydrogen-bond donors (Lipinski definition) is 2. The molecule has 0 atom stereocenters. The Bertz CT molecular complexity index is 82.2. The molecular formula is C6H16B2O3. The van der Waals surface area contributed by atoms with E-state index in [1.807, 2.05) is 0 Å². The van der Waals surface area contributed by atoms with E-state index in [-0.39, 0.29) is 0 Å². The van der Waals surface area contributed by atoms with Gasteiger partial charge in [0.05, 0.1) is 0 Å². The van der Waals surface area contributed by atoms with Gasteiger partial charge in [0, 0.05) is 0 Å². The van der Waals surface area contributed by atoms with Gasteiger partial charge in [-0.1, -0.05) is 32.6 Å². The highest BCUT2D eigenvalue weighted by atomic mass is 16.5. The molecular weight excluding hydrogens is 142 g/mol. The van der Waals surface area contributed by atoms with Gasteiger partial charge < -0.3 is 14.6 Å². The van der Waals surface area contributed by atoms with Gasteiger partial charge in [0.2, 0.25) is 0 Å². The van der Waals surface area contributed by atoms with E-state index in [0.29, 0.717) is 6.32 Å². The maximum atomic E-state index is 8.97. The van der Waals surface area contributed by atoms with E-state index in [1.165, 1.54) is 12.8 Å². The van der Waals surface area contributed by atoms with Crippen LogP contribution < -0.4 is 0 Å². The molecule has 0 saturated carbocycles. The van der Waals surface area contributed by atoms with E-state index in [1.54, 1.807) is 0 Å². The first-order valence-corrected chi connectivity index (χ1v) is 4.21. The molecule has 0 spiro atoms. The monoisotopic (exact) mass is 158 g/mol. The van der Waals surface area contributed by atoms with Gasteiger partial charge in [0.15, 0.2) is 0 Å². The third-order valence-corrected chi connectivity index (χ3v) is 1.57. The van der Waals surface area contributed by atoms with Crippen molar-refractivity contribution in [2.75, 3.05) is 0 Å². The Hall–Kier alpha value is 0.00987. The second-order valence-electron chi connectivity index (χ2n) is 2.60. The van der Waals surface area contributed by atoms with Crippen LogP contribution >= 0.6 is 0 Å². The molecule has 64 valence electrons. The molecule has 0 aromatic carbocycles. The molecule has 0 radical (unpaired) electrons. The summed E-state index contributed by atoms with van der Waals surface area (Å²) in [4.78, 5) is 0. The predicted molar refractivity (Wildman–Crippen MR) is 47.4 cm³/mol. The highest BCUT2D eigenvalue weighted by Gasteiger charge is 2.10. The van der Waals surface area contributed by atoms with Crippen LogP contribution in [0.3, 0.4) is 0 Å². The summed E-state index contributed by atoms with van der Waals surface area (Å²) in [5.41, 5.74) is 0. The summed E-state index contributed by atoms with van der Waals surface area (Å²) < 4.78 is 4.53. The zero-order chi connectivity index (χ0) is 8.53. The first-order chi connectivity index (χ1) is 5.31. The fourth-order valence-corrected chi connectivity index (χ4v) is 0.915. The molecule has 0 aliphatic heterocycles. The predicted octanol–water partition coefficient (Wildman–Crippen LogP) is 0.323. The minimum Gasteiger partial charge on any atom is -0.454 e. The van der Waals surface area contributed by atoms with Crippen LogP contribution in [0.5, 0.6) is 0 Å². The summed E-state index contributed by atoms with van der Waals surface area (Å²) in [6, 6.07) is 0. The van der Waals surface area contributed by atoms with E-state index in [2.05, 4.69) is 11.5 Å². The van der Waals surface area contributed by atoms with Crippen molar-refractivity contribution >= 4 is 14.8 Å². The van der Waals surface area contributed by atoms with E-state index >= 15 is 0 Å². The first-order valence-electron chi connectivity index (χ1n) is 4.21. The number of rotatable bonds is 7. The molecule has 0 saturated heterocycles. The van der Waals surface area contributed by atoms with Crippen molar-refractivity contribution in [2.24, 2.45) is 0 Å². The van der Waals surface area contributed by atoms with E-state index in [4.69, 9.17) is 10.0 Å². The van der Waals surface area contributed by atoms with Crippen LogP contribution in [0.1, 0.15) is 32.6 Å². The Balaban J connectivity index is 2.97. The standard InChI is InChI=1S/C6H16B2O3/c1-2-3-4-5-6-8(10)11-7-9/h7,9-10H,2-6H2,1H3. The lowest BCUT2D eigenvalue weighted by atomic mass is 9.81. The molecule has 0 aromatic heterocycles. The van der Waals surface area contributed by atoms with E-state index in [9.17, 15) is 0 Å². The van der Waals surface area contributed by atoms with Crippen LogP contribution in [-0.2, 0) is 4.57 Å². The number of unbranched alkanes of at least 4 members (excludes halogenated alkanes) is 3. The molecule has 0 aliphatic carbocycles. The molecule has 5 heteroatoms. The van der Waals surface area contributed by atoms with Crippen LogP contribution in [0, 0.1) is 0 Å². The van der Waals surface area contributed by atoms with Crippen molar-refractivity contribution in [1.82, 2.24) is 0 Å². The summed E-state index contributed by atoms with van der Waals surface area (Å²) in [6.07, 6.45) is 5.11. The van der Waals surface area contributed by atoms with Crippen LogP contribution in [0.2, 0.25) is 6.32 Å². The lowest BCUT2D eigenvalue weighted by Gasteiger charge is -2.03. The minimum atomic E-state index is -0.781. The van der Waals surface area contributed by atoms with Gasteiger partial charge in [0.25, 0.3) is 0 Å². The van der Waals surface area contributed by atoms with Crippen LogP contribution in [0.15, 0.2) is 0 Å². The summed E-state index contributed by atoms with van der Waals surface area (Å²) in [5.74, 6) is 0. The fraction of sp³-hybridized carbons (Fsp3) is 1.00. The van der Waals surface area contributed by atoms with Gasteiger partial charge in [0.1, 0.15) is 0 Å². The van der Waals surface area contributed by atoms with Crippen molar-refractivity contribution in [1.29, 1.82) is 0 Å². The summed E-state index contributed by atoms with van der Waals surface area (Å²) in [7, 11) is -1.17. The third-order valence-electron chi connectivity index (χ3n) is 1.57. The zero-order valence-electron chi connectivity index (χ0n) is 7.12. The first kappa shape index (κ1) is 11.0. The van der Waals surface area contributed by atoms with Crippen molar-refractivity contribution in [3.8, 4) is 0 Å². The largest absolute Gasteiger partial charge is 0.454 e.